The van der Waals surface area contributed by atoms with Gasteiger partial charge in [-0.2, -0.15) is 0 Å². The molecule has 0 radical (unpaired) electrons. The Bertz CT molecular complexity index is 507. The number of halogens is 2. The minimum atomic E-state index is -2.71. The molecule has 2 rings (SSSR count). The van der Waals surface area contributed by atoms with Gasteiger partial charge in [0.05, 0.1) is 4.92 Å². The average molecular weight is 270 g/mol. The molecule has 0 atom stereocenters. The van der Waals surface area contributed by atoms with Crippen LogP contribution in [0, 0.1) is 17.0 Å². The molecular formula is C13H16F2N2O2. The Balaban J connectivity index is 2.41. The highest BCUT2D eigenvalue weighted by atomic mass is 19.3. The maximum atomic E-state index is 13.2. The quantitative estimate of drug-likeness (QED) is 0.662. The minimum absolute atomic E-state index is 0.0598. The van der Waals surface area contributed by atoms with E-state index in [1.165, 1.54) is 6.07 Å². The standard InChI is InChI=1S/C13H16F2N2O2/c1-9-2-3-11(17(18)19)10(8-9)12(16)4-6-13(14,15)7-5-12/h2-3,8H,4-7,16H2,1H3. The summed E-state index contributed by atoms with van der Waals surface area (Å²) < 4.78 is 26.4. The zero-order valence-electron chi connectivity index (χ0n) is 10.7. The summed E-state index contributed by atoms with van der Waals surface area (Å²) >= 11 is 0. The monoisotopic (exact) mass is 270 g/mol. The molecule has 0 unspecified atom stereocenters. The third-order valence-corrected chi connectivity index (χ3v) is 3.76. The van der Waals surface area contributed by atoms with Crippen LogP contribution in [0.3, 0.4) is 0 Å². The number of nitro groups is 1. The molecule has 4 nitrogen and oxygen atoms in total. The molecular weight excluding hydrogens is 254 g/mol. The number of nitrogens with zero attached hydrogens (tertiary/aromatic N) is 1. The van der Waals surface area contributed by atoms with Gasteiger partial charge in [-0.3, -0.25) is 10.1 Å². The van der Waals surface area contributed by atoms with Crippen LogP contribution in [0.5, 0.6) is 0 Å². The second-order valence-electron chi connectivity index (χ2n) is 5.29. The SMILES string of the molecule is Cc1ccc([N+](=O)[O-])c(C2(N)CCC(F)(F)CC2)c1. The number of alkyl halides is 2. The zero-order valence-corrected chi connectivity index (χ0v) is 10.7. The molecule has 1 aliphatic rings. The van der Waals surface area contributed by atoms with Gasteiger partial charge in [0.25, 0.3) is 5.69 Å². The summed E-state index contributed by atoms with van der Waals surface area (Å²) in [6.07, 6.45) is -0.530. The summed E-state index contributed by atoms with van der Waals surface area (Å²) in [5.74, 6) is -2.71. The van der Waals surface area contributed by atoms with E-state index in [1.54, 1.807) is 19.1 Å². The molecule has 0 aliphatic heterocycles. The van der Waals surface area contributed by atoms with Crippen LogP contribution in [-0.4, -0.2) is 10.8 Å². The molecule has 0 heterocycles. The first-order valence-corrected chi connectivity index (χ1v) is 6.16. The fourth-order valence-corrected chi connectivity index (χ4v) is 2.54. The van der Waals surface area contributed by atoms with Crippen LogP contribution >= 0.6 is 0 Å². The summed E-state index contributed by atoms with van der Waals surface area (Å²) in [4.78, 5) is 10.5. The third-order valence-electron chi connectivity index (χ3n) is 3.76. The highest BCUT2D eigenvalue weighted by Crippen LogP contribution is 2.44. The smallest absolute Gasteiger partial charge is 0.274 e. The molecule has 6 heteroatoms. The van der Waals surface area contributed by atoms with Gasteiger partial charge in [-0.15, -0.1) is 0 Å². The summed E-state index contributed by atoms with van der Waals surface area (Å²) in [7, 11) is 0. The Kier molecular flexibility index (Phi) is 3.30. The third kappa shape index (κ3) is 2.73. The van der Waals surface area contributed by atoms with Crippen LogP contribution in [0.15, 0.2) is 18.2 Å². The molecule has 1 fully saturated rings. The Labute approximate surface area is 109 Å². The fourth-order valence-electron chi connectivity index (χ4n) is 2.54. The summed E-state index contributed by atoms with van der Waals surface area (Å²) in [5.41, 5.74) is 6.26. The first-order valence-electron chi connectivity index (χ1n) is 6.16. The lowest BCUT2D eigenvalue weighted by molar-refractivity contribution is -0.386. The fraction of sp³-hybridized carbons (Fsp3) is 0.538. The molecule has 1 aromatic carbocycles. The van der Waals surface area contributed by atoms with Crippen molar-refractivity contribution in [2.45, 2.75) is 44.1 Å². The van der Waals surface area contributed by atoms with Gasteiger partial charge in [-0.05, 0) is 25.8 Å². The predicted octanol–water partition coefficient (Wildman–Crippen LogP) is 3.27. The molecule has 2 N–H and O–H groups in total. The zero-order chi connectivity index (χ0) is 14.3. The van der Waals surface area contributed by atoms with Crippen molar-refractivity contribution in [3.05, 3.63) is 39.4 Å². The number of benzene rings is 1. The van der Waals surface area contributed by atoms with E-state index in [0.29, 0.717) is 5.56 Å². The van der Waals surface area contributed by atoms with Crippen LogP contribution in [0.4, 0.5) is 14.5 Å². The first kappa shape index (κ1) is 13.9. The lowest BCUT2D eigenvalue weighted by Gasteiger charge is -2.37. The topological polar surface area (TPSA) is 69.2 Å². The molecule has 1 saturated carbocycles. The number of aryl methyl sites for hydroxylation is 1. The van der Waals surface area contributed by atoms with E-state index in [1.807, 2.05) is 0 Å². The molecule has 1 aromatic rings. The van der Waals surface area contributed by atoms with Crippen molar-refractivity contribution in [1.29, 1.82) is 0 Å². The van der Waals surface area contributed by atoms with Crippen molar-refractivity contribution >= 4 is 5.69 Å². The van der Waals surface area contributed by atoms with Crippen LogP contribution in [0.1, 0.15) is 36.8 Å². The Morgan fingerprint density at radius 3 is 2.37 bits per heavy atom. The molecule has 0 spiro atoms. The average Bonchev–Trinajstić information content (AvgIpc) is 2.33. The van der Waals surface area contributed by atoms with Crippen molar-refractivity contribution in [2.24, 2.45) is 5.73 Å². The minimum Gasteiger partial charge on any atom is -0.321 e. The first-order chi connectivity index (χ1) is 8.73. The molecule has 104 valence electrons. The lowest BCUT2D eigenvalue weighted by atomic mass is 9.75. The summed E-state index contributed by atoms with van der Waals surface area (Å²) in [6.45, 7) is 1.80. The summed E-state index contributed by atoms with van der Waals surface area (Å²) in [5, 5.41) is 11.0. The highest BCUT2D eigenvalue weighted by molar-refractivity contribution is 5.47. The number of hydrogen-bond acceptors (Lipinski definition) is 3. The second kappa shape index (κ2) is 4.52. The molecule has 0 saturated heterocycles. The van der Waals surface area contributed by atoms with Crippen molar-refractivity contribution < 1.29 is 13.7 Å². The molecule has 0 amide bonds. The lowest BCUT2D eigenvalue weighted by Crippen LogP contribution is -2.44. The van der Waals surface area contributed by atoms with Crippen LogP contribution in [0.2, 0.25) is 0 Å². The van der Waals surface area contributed by atoms with Gasteiger partial charge < -0.3 is 5.73 Å². The number of nitro benzene ring substituents is 1. The van der Waals surface area contributed by atoms with Crippen molar-refractivity contribution in [3.8, 4) is 0 Å². The molecule has 1 aliphatic carbocycles. The Morgan fingerprint density at radius 1 is 1.26 bits per heavy atom. The van der Waals surface area contributed by atoms with Gasteiger partial charge in [-0.1, -0.05) is 11.6 Å². The van der Waals surface area contributed by atoms with Crippen LogP contribution in [-0.2, 0) is 5.54 Å². The molecule has 19 heavy (non-hydrogen) atoms. The van der Waals surface area contributed by atoms with E-state index < -0.39 is 16.4 Å². The van der Waals surface area contributed by atoms with Crippen molar-refractivity contribution in [2.75, 3.05) is 0 Å². The van der Waals surface area contributed by atoms with E-state index in [-0.39, 0.29) is 31.4 Å². The Morgan fingerprint density at radius 2 is 1.84 bits per heavy atom. The van der Waals surface area contributed by atoms with Gasteiger partial charge in [0.2, 0.25) is 5.92 Å². The van der Waals surface area contributed by atoms with Gasteiger partial charge in [0, 0.05) is 30.0 Å². The van der Waals surface area contributed by atoms with Crippen molar-refractivity contribution in [3.63, 3.8) is 0 Å². The highest BCUT2D eigenvalue weighted by Gasteiger charge is 2.44. The van der Waals surface area contributed by atoms with Gasteiger partial charge in [0.1, 0.15) is 0 Å². The Hall–Kier alpha value is -1.56. The second-order valence-corrected chi connectivity index (χ2v) is 5.29. The number of nitrogens with two attached hydrogens (primary N) is 1. The van der Waals surface area contributed by atoms with Gasteiger partial charge >= 0.3 is 0 Å². The predicted molar refractivity (Wildman–Crippen MR) is 67.1 cm³/mol. The van der Waals surface area contributed by atoms with E-state index in [0.717, 1.165) is 5.56 Å². The van der Waals surface area contributed by atoms with Crippen LogP contribution in [0.25, 0.3) is 0 Å². The van der Waals surface area contributed by atoms with Crippen LogP contribution < -0.4 is 5.73 Å². The molecule has 0 bridgehead atoms. The number of rotatable bonds is 2. The summed E-state index contributed by atoms with van der Waals surface area (Å²) in [6, 6.07) is 4.66. The van der Waals surface area contributed by atoms with E-state index >= 15 is 0 Å². The van der Waals surface area contributed by atoms with E-state index in [9.17, 15) is 18.9 Å². The van der Waals surface area contributed by atoms with Gasteiger partial charge in [-0.25, -0.2) is 8.78 Å². The van der Waals surface area contributed by atoms with Gasteiger partial charge in [0.15, 0.2) is 0 Å². The largest absolute Gasteiger partial charge is 0.321 e. The van der Waals surface area contributed by atoms with Crippen molar-refractivity contribution in [1.82, 2.24) is 0 Å². The van der Waals surface area contributed by atoms with E-state index in [2.05, 4.69) is 0 Å². The van der Waals surface area contributed by atoms with E-state index in [4.69, 9.17) is 5.73 Å². The normalized spacial score (nSPS) is 21.1. The molecule has 0 aromatic heterocycles. The number of hydrogen-bond donors (Lipinski definition) is 1. The maximum Gasteiger partial charge on any atom is 0.274 e. The maximum absolute atomic E-state index is 13.2.